The quantitative estimate of drug-likeness (QED) is 0.881. The van der Waals surface area contributed by atoms with E-state index in [1.807, 2.05) is 23.7 Å². The molecular weight excluding hydrogens is 268 g/mol. The normalized spacial score (nSPS) is 12.8. The number of hydrogen-bond donors (Lipinski definition) is 1. The molecule has 6 nitrogen and oxygen atoms in total. The van der Waals surface area contributed by atoms with Gasteiger partial charge in [-0.25, -0.2) is 9.97 Å². The van der Waals surface area contributed by atoms with Gasteiger partial charge in [-0.2, -0.15) is 0 Å². The molecule has 0 spiro atoms. The molecule has 0 saturated heterocycles. The van der Waals surface area contributed by atoms with Crippen LogP contribution in [0.2, 0.25) is 0 Å². The number of rotatable bonds is 6. The zero-order chi connectivity index (χ0) is 15.4. The predicted molar refractivity (Wildman–Crippen MR) is 80.7 cm³/mol. The summed E-state index contributed by atoms with van der Waals surface area (Å²) in [5.41, 5.74) is 1.66. The highest BCUT2D eigenvalue weighted by molar-refractivity contribution is 5.78. The molecule has 2 heterocycles. The lowest BCUT2D eigenvalue weighted by Crippen LogP contribution is -2.33. The lowest BCUT2D eigenvalue weighted by Gasteiger charge is -2.20. The Kier molecular flexibility index (Phi) is 4.90. The molecule has 0 fully saturated rings. The van der Waals surface area contributed by atoms with Crippen LogP contribution in [0.25, 0.3) is 11.2 Å². The molecule has 2 aromatic rings. The van der Waals surface area contributed by atoms with Crippen LogP contribution in [0.3, 0.4) is 0 Å². The molecule has 0 bridgehead atoms. The summed E-state index contributed by atoms with van der Waals surface area (Å²) in [6, 6.07) is 3.64. The number of aryl methyl sites for hydroxylation is 1. The third-order valence-electron chi connectivity index (χ3n) is 3.29. The smallest absolute Gasteiger partial charge is 0.246 e. The molecule has 1 amide bonds. The van der Waals surface area contributed by atoms with Crippen LogP contribution in [0.5, 0.6) is 0 Å². The van der Waals surface area contributed by atoms with Gasteiger partial charge in [-0.05, 0) is 24.5 Å². The maximum atomic E-state index is 11.8. The highest BCUT2D eigenvalue weighted by Gasteiger charge is 2.22. The second-order valence-corrected chi connectivity index (χ2v) is 5.56. The second kappa shape index (κ2) is 6.67. The minimum atomic E-state index is -0.146. The van der Waals surface area contributed by atoms with Gasteiger partial charge in [-0.15, -0.1) is 0 Å². The average Bonchev–Trinajstić information content (AvgIpc) is 2.76. The molecule has 114 valence electrons. The van der Waals surface area contributed by atoms with E-state index in [4.69, 9.17) is 4.74 Å². The van der Waals surface area contributed by atoms with Gasteiger partial charge in [0, 0.05) is 20.4 Å². The van der Waals surface area contributed by atoms with Crippen molar-refractivity contribution in [3.05, 3.63) is 24.2 Å². The van der Waals surface area contributed by atoms with Crippen molar-refractivity contribution in [2.24, 2.45) is 13.0 Å². The summed E-state index contributed by atoms with van der Waals surface area (Å²) in [6.45, 7) is 4.30. The number of carbonyl (C=O) groups excluding carboxylic acids is 1. The molecule has 0 aliphatic heterocycles. The van der Waals surface area contributed by atoms with E-state index in [0.717, 1.165) is 23.4 Å². The molecule has 6 heteroatoms. The number of ether oxygens (including phenoxy) is 1. The summed E-state index contributed by atoms with van der Waals surface area (Å²) in [7, 11) is 3.43. The monoisotopic (exact) mass is 290 g/mol. The van der Waals surface area contributed by atoms with Crippen molar-refractivity contribution in [3.63, 3.8) is 0 Å². The highest BCUT2D eigenvalue weighted by atomic mass is 16.5. The van der Waals surface area contributed by atoms with E-state index >= 15 is 0 Å². The van der Waals surface area contributed by atoms with Crippen molar-refractivity contribution >= 4 is 17.1 Å². The predicted octanol–water partition coefficient (Wildman–Crippen LogP) is 1.82. The number of methoxy groups -OCH3 is 1. The first-order valence-electron chi connectivity index (χ1n) is 7.08. The Morgan fingerprint density at radius 3 is 2.86 bits per heavy atom. The number of carbonyl (C=O) groups is 1. The Hall–Kier alpha value is -1.95. The van der Waals surface area contributed by atoms with E-state index in [2.05, 4.69) is 29.1 Å². The number of amides is 1. The number of pyridine rings is 1. The Bertz CT molecular complexity index is 621. The molecule has 2 rings (SSSR count). The number of nitrogens with zero attached hydrogens (tertiary/aromatic N) is 3. The van der Waals surface area contributed by atoms with Crippen LogP contribution in [-0.2, 0) is 16.6 Å². The summed E-state index contributed by atoms with van der Waals surface area (Å²) >= 11 is 0. The number of imidazole rings is 1. The van der Waals surface area contributed by atoms with E-state index in [-0.39, 0.29) is 18.6 Å². The number of aromatic nitrogens is 3. The molecular formula is C15H22N4O2. The minimum absolute atomic E-state index is 0.0524. The van der Waals surface area contributed by atoms with Gasteiger partial charge in [0.15, 0.2) is 5.65 Å². The van der Waals surface area contributed by atoms with E-state index in [1.165, 1.54) is 7.11 Å². The average molecular weight is 290 g/mol. The van der Waals surface area contributed by atoms with Crippen LogP contribution < -0.4 is 5.32 Å². The molecule has 1 N–H and O–H groups in total. The summed E-state index contributed by atoms with van der Waals surface area (Å²) < 4.78 is 6.82. The Morgan fingerprint density at radius 2 is 2.24 bits per heavy atom. The first-order valence-corrected chi connectivity index (χ1v) is 7.08. The number of nitrogens with one attached hydrogen (secondary N) is 1. The first-order chi connectivity index (χ1) is 10.0. The van der Waals surface area contributed by atoms with Crippen LogP contribution >= 0.6 is 0 Å². The maximum absolute atomic E-state index is 11.8. The van der Waals surface area contributed by atoms with Crippen LogP contribution in [0, 0.1) is 5.92 Å². The summed E-state index contributed by atoms with van der Waals surface area (Å²) in [4.78, 5) is 20.8. The molecule has 0 unspecified atom stereocenters. The zero-order valence-electron chi connectivity index (χ0n) is 13.0. The van der Waals surface area contributed by atoms with Crippen molar-refractivity contribution in [2.45, 2.75) is 26.3 Å². The summed E-state index contributed by atoms with van der Waals surface area (Å²) in [5, 5.41) is 2.99. The molecule has 0 aliphatic carbocycles. The number of hydrogen-bond acceptors (Lipinski definition) is 4. The second-order valence-electron chi connectivity index (χ2n) is 5.56. The molecule has 1 atom stereocenters. The molecule has 0 aromatic carbocycles. The van der Waals surface area contributed by atoms with Crippen LogP contribution in [-0.4, -0.2) is 34.2 Å². The third kappa shape index (κ3) is 3.58. The fraction of sp³-hybridized carbons (Fsp3) is 0.533. The molecule has 0 aliphatic rings. The highest BCUT2D eigenvalue weighted by Crippen LogP contribution is 2.23. The van der Waals surface area contributed by atoms with E-state index in [9.17, 15) is 4.79 Å². The van der Waals surface area contributed by atoms with E-state index in [0.29, 0.717) is 5.92 Å². The van der Waals surface area contributed by atoms with Crippen molar-refractivity contribution in [1.29, 1.82) is 0 Å². The summed E-state index contributed by atoms with van der Waals surface area (Å²) in [5.74, 6) is 1.12. The van der Waals surface area contributed by atoms with Gasteiger partial charge in [-0.3, -0.25) is 4.79 Å². The van der Waals surface area contributed by atoms with Gasteiger partial charge >= 0.3 is 0 Å². The Morgan fingerprint density at radius 1 is 1.48 bits per heavy atom. The van der Waals surface area contributed by atoms with Gasteiger partial charge in [0.25, 0.3) is 0 Å². The van der Waals surface area contributed by atoms with Gasteiger partial charge in [0.1, 0.15) is 17.9 Å². The topological polar surface area (TPSA) is 69.0 Å². The van der Waals surface area contributed by atoms with Crippen LogP contribution in [0.4, 0.5) is 0 Å². The molecule has 21 heavy (non-hydrogen) atoms. The SMILES string of the molecule is COCC(=O)N[C@@H](CC(C)C)c1nc2cccnc2n1C. The standard InChI is InChI=1S/C15H22N4O2/c1-10(2)8-12(17-13(20)9-21-4)15-18-11-6-5-7-16-14(11)19(15)3/h5-7,10,12H,8-9H2,1-4H3,(H,17,20)/t12-/m0/s1. The van der Waals surface area contributed by atoms with Crippen molar-refractivity contribution in [1.82, 2.24) is 19.9 Å². The molecule has 0 radical (unpaired) electrons. The molecule has 2 aromatic heterocycles. The van der Waals surface area contributed by atoms with Gasteiger partial charge in [-0.1, -0.05) is 13.8 Å². The van der Waals surface area contributed by atoms with Crippen LogP contribution in [0.15, 0.2) is 18.3 Å². The van der Waals surface area contributed by atoms with Crippen LogP contribution in [0.1, 0.15) is 32.1 Å². The maximum Gasteiger partial charge on any atom is 0.246 e. The third-order valence-corrected chi connectivity index (χ3v) is 3.29. The first kappa shape index (κ1) is 15.4. The van der Waals surface area contributed by atoms with Gasteiger partial charge in [0.05, 0.1) is 6.04 Å². The number of fused-ring (bicyclic) bond motifs is 1. The fourth-order valence-electron chi connectivity index (χ4n) is 2.42. The molecule has 0 saturated carbocycles. The van der Waals surface area contributed by atoms with Crippen molar-refractivity contribution < 1.29 is 9.53 Å². The lowest BCUT2D eigenvalue weighted by atomic mass is 10.0. The van der Waals surface area contributed by atoms with Gasteiger partial charge < -0.3 is 14.6 Å². The minimum Gasteiger partial charge on any atom is -0.375 e. The van der Waals surface area contributed by atoms with Gasteiger partial charge in [0.2, 0.25) is 5.91 Å². The Labute approximate surface area is 124 Å². The Balaban J connectivity index is 2.33. The van der Waals surface area contributed by atoms with E-state index in [1.54, 1.807) is 6.20 Å². The van der Waals surface area contributed by atoms with Crippen molar-refractivity contribution in [2.75, 3.05) is 13.7 Å². The fourth-order valence-corrected chi connectivity index (χ4v) is 2.42. The zero-order valence-corrected chi connectivity index (χ0v) is 13.0. The summed E-state index contributed by atoms with van der Waals surface area (Å²) in [6.07, 6.45) is 2.56. The largest absolute Gasteiger partial charge is 0.375 e. The van der Waals surface area contributed by atoms with E-state index < -0.39 is 0 Å². The lowest BCUT2D eigenvalue weighted by molar-refractivity contribution is -0.125. The van der Waals surface area contributed by atoms with Crippen molar-refractivity contribution in [3.8, 4) is 0 Å².